The summed E-state index contributed by atoms with van der Waals surface area (Å²) in [6.07, 6.45) is 8.01. The van der Waals surface area contributed by atoms with Crippen LogP contribution < -0.4 is 16.0 Å². The van der Waals surface area contributed by atoms with E-state index in [4.69, 9.17) is 28.6 Å². The molecule has 0 radical (unpaired) electrons. The minimum Gasteiger partial charge on any atom is -0.450 e. The van der Waals surface area contributed by atoms with Gasteiger partial charge in [-0.3, -0.25) is 15.5 Å². The lowest BCUT2D eigenvalue weighted by atomic mass is 9.74. The zero-order valence-electron chi connectivity index (χ0n) is 20.1. The maximum absolute atomic E-state index is 14.1. The molecule has 0 aromatic heterocycles. The quantitative estimate of drug-likeness (QED) is 0.304. The fourth-order valence-electron chi connectivity index (χ4n) is 5.24. The Labute approximate surface area is 207 Å². The molecule has 3 rings (SSSR count). The highest BCUT2D eigenvalue weighted by atomic mass is 35.5. The molecule has 0 aromatic carbocycles. The number of halogens is 2. The zero-order valence-corrected chi connectivity index (χ0v) is 21.6. The highest BCUT2D eigenvalue weighted by Crippen LogP contribution is 2.40. The third-order valence-corrected chi connectivity index (χ3v) is 7.40. The van der Waals surface area contributed by atoms with E-state index < -0.39 is 17.6 Å². The molecular weight excluding hydrogens is 463 g/mol. The minimum absolute atomic E-state index is 0.00350. The molecule has 186 valence electrons. The number of allylic oxidation sites excluding steroid dienone is 1. The molecule has 6 nitrogen and oxygen atoms in total. The second-order valence-corrected chi connectivity index (χ2v) is 11.1. The summed E-state index contributed by atoms with van der Waals surface area (Å²) in [5.41, 5.74) is 1.44. The van der Waals surface area contributed by atoms with Gasteiger partial charge in [0.1, 0.15) is 6.17 Å². The first-order valence-electron chi connectivity index (χ1n) is 12.0. The molecule has 1 amide bonds. The van der Waals surface area contributed by atoms with Crippen LogP contribution in [0.15, 0.2) is 23.8 Å². The van der Waals surface area contributed by atoms with Crippen molar-refractivity contribution in [3.63, 3.8) is 0 Å². The Morgan fingerprint density at radius 3 is 2.73 bits per heavy atom. The smallest absolute Gasteiger partial charge is 0.413 e. The van der Waals surface area contributed by atoms with Crippen molar-refractivity contribution < 1.29 is 13.9 Å². The van der Waals surface area contributed by atoms with E-state index in [9.17, 15) is 9.18 Å². The molecule has 3 N–H and O–H groups in total. The number of nitrogens with zero attached hydrogens (tertiary/aromatic N) is 1. The largest absolute Gasteiger partial charge is 0.450 e. The lowest BCUT2D eigenvalue weighted by molar-refractivity contribution is 0.0591. The molecule has 0 bridgehead atoms. The van der Waals surface area contributed by atoms with E-state index >= 15 is 0 Å². The van der Waals surface area contributed by atoms with Gasteiger partial charge in [-0.15, -0.1) is 11.6 Å². The molecular formula is C24H38ClFN4O2S. The van der Waals surface area contributed by atoms with E-state index in [2.05, 4.69) is 47.7 Å². The van der Waals surface area contributed by atoms with E-state index in [0.717, 1.165) is 32.4 Å². The average Bonchev–Trinajstić information content (AvgIpc) is 2.75. The van der Waals surface area contributed by atoms with Gasteiger partial charge in [0.15, 0.2) is 5.11 Å². The Balaban J connectivity index is 1.67. The lowest BCUT2D eigenvalue weighted by Gasteiger charge is -2.50. The van der Waals surface area contributed by atoms with E-state index in [0.29, 0.717) is 18.9 Å². The highest BCUT2D eigenvalue weighted by molar-refractivity contribution is 7.80. The molecule has 1 fully saturated rings. The molecule has 2 heterocycles. The fourth-order valence-corrected chi connectivity index (χ4v) is 5.76. The number of thiocarbonyl (C=S) groups is 1. The van der Waals surface area contributed by atoms with Crippen LogP contribution in [0.4, 0.5) is 9.18 Å². The Hall–Kier alpha value is -1.22. The number of rotatable bonds is 4. The van der Waals surface area contributed by atoms with Gasteiger partial charge in [0.05, 0.1) is 18.1 Å². The summed E-state index contributed by atoms with van der Waals surface area (Å²) in [4.78, 5) is 14.1. The second kappa shape index (κ2) is 11.5. The van der Waals surface area contributed by atoms with Gasteiger partial charge >= 0.3 is 6.09 Å². The van der Waals surface area contributed by atoms with Crippen molar-refractivity contribution in [1.82, 2.24) is 20.9 Å². The van der Waals surface area contributed by atoms with Crippen LogP contribution in [0.1, 0.15) is 53.4 Å². The van der Waals surface area contributed by atoms with Crippen LogP contribution in [0.3, 0.4) is 0 Å². The van der Waals surface area contributed by atoms with Crippen LogP contribution in [-0.2, 0) is 4.74 Å². The molecule has 1 saturated heterocycles. The molecule has 1 aliphatic carbocycles. The van der Waals surface area contributed by atoms with Gasteiger partial charge in [-0.1, -0.05) is 23.8 Å². The van der Waals surface area contributed by atoms with E-state index in [1.165, 1.54) is 5.57 Å². The first kappa shape index (κ1) is 26.4. The molecule has 6 unspecified atom stereocenters. The molecule has 0 saturated carbocycles. The lowest BCUT2D eigenvalue weighted by Crippen LogP contribution is -2.58. The normalized spacial score (nSPS) is 33.2. The summed E-state index contributed by atoms with van der Waals surface area (Å²) in [5, 5.41) is 9.02. The Morgan fingerprint density at radius 2 is 2.12 bits per heavy atom. The number of alkyl carbamates (subject to hydrolysis) is 1. The van der Waals surface area contributed by atoms with Crippen molar-refractivity contribution in [3.05, 3.63) is 23.8 Å². The van der Waals surface area contributed by atoms with Crippen LogP contribution in [0.25, 0.3) is 0 Å². The van der Waals surface area contributed by atoms with Gasteiger partial charge in [0.2, 0.25) is 0 Å². The van der Waals surface area contributed by atoms with Crippen molar-refractivity contribution in [2.24, 2.45) is 11.8 Å². The minimum atomic E-state index is -1.07. The third-order valence-electron chi connectivity index (χ3n) is 6.76. The zero-order chi connectivity index (χ0) is 24.2. The molecule has 0 aromatic rings. The number of alkyl halides is 2. The predicted molar refractivity (Wildman–Crippen MR) is 135 cm³/mol. The summed E-state index contributed by atoms with van der Waals surface area (Å²) in [5.74, 6) is 0.581. The van der Waals surface area contributed by atoms with Crippen LogP contribution >= 0.6 is 23.8 Å². The van der Waals surface area contributed by atoms with Crippen molar-refractivity contribution in [2.45, 2.75) is 82.7 Å². The summed E-state index contributed by atoms with van der Waals surface area (Å²) in [6, 6.07) is 0.214. The van der Waals surface area contributed by atoms with Gasteiger partial charge in [0.25, 0.3) is 0 Å². The van der Waals surface area contributed by atoms with E-state index in [1.54, 1.807) is 13.0 Å². The molecule has 6 atom stereocenters. The van der Waals surface area contributed by atoms with Crippen molar-refractivity contribution in [3.8, 4) is 0 Å². The monoisotopic (exact) mass is 500 g/mol. The van der Waals surface area contributed by atoms with Crippen LogP contribution in [-0.4, -0.2) is 65.1 Å². The van der Waals surface area contributed by atoms with E-state index in [-0.39, 0.29) is 28.8 Å². The maximum Gasteiger partial charge on any atom is 0.413 e. The van der Waals surface area contributed by atoms with Gasteiger partial charge in [0, 0.05) is 24.7 Å². The van der Waals surface area contributed by atoms with Crippen LogP contribution in [0.5, 0.6) is 0 Å². The van der Waals surface area contributed by atoms with Gasteiger partial charge in [-0.05, 0) is 77.4 Å². The number of piperidine rings is 1. The van der Waals surface area contributed by atoms with Crippen LogP contribution in [0.2, 0.25) is 0 Å². The Bertz CT molecular complexity index is 764. The number of hydrogen-bond donors (Lipinski definition) is 3. The molecule has 3 aliphatic rings. The van der Waals surface area contributed by atoms with Crippen molar-refractivity contribution in [1.29, 1.82) is 0 Å². The summed E-state index contributed by atoms with van der Waals surface area (Å²) in [7, 11) is 0. The standard InChI is InChI=1S/C24H38ClFN4O2S/c1-5-32-23(31)29-22(33)28-20-11-9-16(14-27-20)17-7-6-12-30(24(2,3)4)21(17)15-8-10-19(26)18(25)13-15/h7-8,10,15-16,18-21,27H,5-6,9,11-14H2,1-4H3,(H2,28,29,31,33). The number of nitrogens with one attached hydrogen (secondary N) is 3. The molecule has 0 spiro atoms. The van der Waals surface area contributed by atoms with Crippen molar-refractivity contribution >= 4 is 35.0 Å². The van der Waals surface area contributed by atoms with E-state index in [1.807, 2.05) is 6.08 Å². The molecule has 9 heteroatoms. The summed E-state index contributed by atoms with van der Waals surface area (Å²) >= 11 is 11.6. The number of carbonyl (C=O) groups excluding carboxylic acids is 1. The number of hydrogen-bond acceptors (Lipinski definition) is 5. The summed E-state index contributed by atoms with van der Waals surface area (Å²) in [6.45, 7) is 10.6. The topological polar surface area (TPSA) is 65.6 Å². The highest BCUT2D eigenvalue weighted by Gasteiger charge is 2.42. The first-order chi connectivity index (χ1) is 15.6. The average molecular weight is 501 g/mol. The molecule has 2 aliphatic heterocycles. The van der Waals surface area contributed by atoms with Crippen LogP contribution in [0, 0.1) is 11.8 Å². The SMILES string of the molecule is CCOC(=O)NC(=S)NC1CCC(C2=CCCN(C(C)(C)C)C2C2C=CC(F)C(Cl)C2)CN1. The number of ether oxygens (including phenoxy) is 1. The van der Waals surface area contributed by atoms with Gasteiger partial charge < -0.3 is 10.1 Å². The third kappa shape index (κ3) is 6.90. The van der Waals surface area contributed by atoms with Gasteiger partial charge in [-0.2, -0.15) is 0 Å². The maximum atomic E-state index is 14.1. The fraction of sp³-hybridized carbons (Fsp3) is 0.750. The Kier molecular flexibility index (Phi) is 9.17. The number of amides is 1. The first-order valence-corrected chi connectivity index (χ1v) is 12.9. The predicted octanol–water partition coefficient (Wildman–Crippen LogP) is 4.25. The molecule has 33 heavy (non-hydrogen) atoms. The number of carbonyl (C=O) groups is 1. The van der Waals surface area contributed by atoms with Crippen molar-refractivity contribution in [2.75, 3.05) is 19.7 Å². The Morgan fingerprint density at radius 1 is 1.36 bits per heavy atom. The summed E-state index contributed by atoms with van der Waals surface area (Å²) < 4.78 is 18.9. The second-order valence-electron chi connectivity index (χ2n) is 10.1. The van der Waals surface area contributed by atoms with Gasteiger partial charge in [-0.25, -0.2) is 9.18 Å².